The van der Waals surface area contributed by atoms with Gasteiger partial charge in [-0.1, -0.05) is 24.3 Å². The van der Waals surface area contributed by atoms with Gasteiger partial charge in [-0.2, -0.15) is 0 Å². The van der Waals surface area contributed by atoms with E-state index in [0.29, 0.717) is 22.3 Å². The van der Waals surface area contributed by atoms with Crippen molar-refractivity contribution in [3.63, 3.8) is 0 Å². The van der Waals surface area contributed by atoms with Crippen LogP contribution in [0.15, 0.2) is 58.2 Å². The van der Waals surface area contributed by atoms with Gasteiger partial charge in [-0.05, 0) is 24.3 Å². The first-order chi connectivity index (χ1) is 9.95. The van der Waals surface area contributed by atoms with Crippen molar-refractivity contribution < 1.29 is 8.42 Å². The number of H-pyrrole nitrogens is 1. The summed E-state index contributed by atoms with van der Waals surface area (Å²) >= 11 is 0. The van der Waals surface area contributed by atoms with Crippen LogP contribution in [0.4, 0.5) is 0 Å². The number of primary sulfonamides is 1. The summed E-state index contributed by atoms with van der Waals surface area (Å²) < 4.78 is 22.8. The highest BCUT2D eigenvalue weighted by atomic mass is 32.2. The van der Waals surface area contributed by atoms with Crippen LogP contribution >= 0.6 is 0 Å². The Kier molecular flexibility index (Phi) is 3.08. The van der Waals surface area contributed by atoms with Crippen molar-refractivity contribution in [3.05, 3.63) is 58.9 Å². The molecule has 3 rings (SSSR count). The second-order valence-electron chi connectivity index (χ2n) is 4.50. The molecule has 0 unspecified atom stereocenters. The molecule has 0 aliphatic rings. The van der Waals surface area contributed by atoms with Gasteiger partial charge < -0.3 is 4.98 Å². The minimum absolute atomic E-state index is 0.0317. The van der Waals surface area contributed by atoms with E-state index in [-0.39, 0.29) is 10.5 Å². The molecule has 0 radical (unpaired) electrons. The van der Waals surface area contributed by atoms with Gasteiger partial charge in [0.1, 0.15) is 5.82 Å². The zero-order valence-electron chi connectivity index (χ0n) is 10.8. The molecule has 0 amide bonds. The number of fused-ring (bicyclic) bond motifs is 1. The van der Waals surface area contributed by atoms with Crippen molar-refractivity contribution in [1.29, 1.82) is 0 Å². The Balaban J connectivity index is 2.24. The molecule has 1 heterocycles. The maximum atomic E-state index is 12.0. The zero-order chi connectivity index (χ0) is 15.0. The molecular formula is C14H11N3O3S. The van der Waals surface area contributed by atoms with Crippen LogP contribution in [0.1, 0.15) is 0 Å². The second kappa shape index (κ2) is 4.80. The summed E-state index contributed by atoms with van der Waals surface area (Å²) in [6.45, 7) is 0. The van der Waals surface area contributed by atoms with E-state index in [0.717, 1.165) is 0 Å². The molecule has 3 N–H and O–H groups in total. The molecule has 0 aliphatic carbocycles. The number of aromatic amines is 1. The average Bonchev–Trinajstić information content (AvgIpc) is 2.46. The predicted molar refractivity (Wildman–Crippen MR) is 79.2 cm³/mol. The maximum Gasteiger partial charge on any atom is 0.259 e. The highest BCUT2D eigenvalue weighted by Crippen LogP contribution is 2.19. The smallest absolute Gasteiger partial charge is 0.259 e. The molecule has 0 saturated carbocycles. The van der Waals surface area contributed by atoms with E-state index < -0.39 is 10.0 Å². The van der Waals surface area contributed by atoms with Gasteiger partial charge in [0, 0.05) is 5.56 Å². The molecule has 2 aromatic carbocycles. The molecule has 0 saturated heterocycles. The highest BCUT2D eigenvalue weighted by Gasteiger charge is 2.11. The van der Waals surface area contributed by atoms with Crippen LogP contribution < -0.4 is 10.7 Å². The number of para-hydroxylation sites is 1. The average molecular weight is 301 g/mol. The number of rotatable bonds is 2. The van der Waals surface area contributed by atoms with Gasteiger partial charge in [-0.15, -0.1) is 0 Å². The van der Waals surface area contributed by atoms with Gasteiger partial charge in [0.05, 0.1) is 15.8 Å². The van der Waals surface area contributed by atoms with Crippen LogP contribution in [0.2, 0.25) is 0 Å². The van der Waals surface area contributed by atoms with Gasteiger partial charge in [0.25, 0.3) is 5.56 Å². The lowest BCUT2D eigenvalue weighted by molar-refractivity contribution is 0.598. The summed E-state index contributed by atoms with van der Waals surface area (Å²) in [6, 6.07) is 12.9. The zero-order valence-corrected chi connectivity index (χ0v) is 11.6. The molecule has 1 aromatic heterocycles. The van der Waals surface area contributed by atoms with Crippen molar-refractivity contribution in [1.82, 2.24) is 9.97 Å². The number of hydrogen-bond donors (Lipinski definition) is 2. The van der Waals surface area contributed by atoms with E-state index in [2.05, 4.69) is 9.97 Å². The number of nitrogens with two attached hydrogens (primary N) is 1. The third kappa shape index (κ3) is 2.56. The van der Waals surface area contributed by atoms with Gasteiger partial charge in [0.2, 0.25) is 10.0 Å². The molecule has 21 heavy (non-hydrogen) atoms. The van der Waals surface area contributed by atoms with Crippen LogP contribution in [0.25, 0.3) is 22.3 Å². The predicted octanol–water partition coefficient (Wildman–Crippen LogP) is 1.24. The lowest BCUT2D eigenvalue weighted by Crippen LogP contribution is -2.13. The van der Waals surface area contributed by atoms with E-state index in [1.807, 2.05) is 0 Å². The van der Waals surface area contributed by atoms with Crippen molar-refractivity contribution in [2.75, 3.05) is 0 Å². The molecule has 0 aliphatic heterocycles. The molecule has 3 aromatic rings. The Morgan fingerprint density at radius 2 is 1.81 bits per heavy atom. The minimum atomic E-state index is -3.81. The van der Waals surface area contributed by atoms with Crippen molar-refractivity contribution in [3.8, 4) is 11.4 Å². The van der Waals surface area contributed by atoms with Crippen LogP contribution in [-0.2, 0) is 10.0 Å². The molecule has 6 nitrogen and oxygen atoms in total. The summed E-state index contributed by atoms with van der Waals surface area (Å²) in [5.41, 5.74) is 0.734. The van der Waals surface area contributed by atoms with Crippen molar-refractivity contribution >= 4 is 20.9 Å². The lowest BCUT2D eigenvalue weighted by Gasteiger charge is -2.05. The third-order valence-corrected chi connectivity index (χ3v) is 3.96. The molecule has 106 valence electrons. The minimum Gasteiger partial charge on any atom is -0.306 e. The van der Waals surface area contributed by atoms with E-state index in [1.165, 1.54) is 12.1 Å². The van der Waals surface area contributed by atoms with E-state index >= 15 is 0 Å². The monoisotopic (exact) mass is 301 g/mol. The number of aromatic nitrogens is 2. The standard InChI is InChI=1S/C14H11N3O3S/c15-21(19,20)10-5-3-4-9(8-10)13-16-12-7-2-1-6-11(12)14(18)17-13/h1-8H,(H2,15,19,20)(H,16,17,18). The summed E-state index contributed by atoms with van der Waals surface area (Å²) in [6.07, 6.45) is 0. The number of nitrogens with one attached hydrogen (secondary N) is 1. The Morgan fingerprint density at radius 3 is 2.57 bits per heavy atom. The summed E-state index contributed by atoms with van der Waals surface area (Å²) in [5.74, 6) is 0.296. The fourth-order valence-electron chi connectivity index (χ4n) is 2.04. The van der Waals surface area contributed by atoms with Crippen LogP contribution in [0, 0.1) is 0 Å². The van der Waals surface area contributed by atoms with Gasteiger partial charge in [-0.25, -0.2) is 18.5 Å². The maximum absolute atomic E-state index is 12.0. The SMILES string of the molecule is NS(=O)(=O)c1cccc(-c2nc3ccccc3c(=O)[nH]2)c1. The number of nitrogens with zero attached hydrogens (tertiary/aromatic N) is 1. The normalized spacial score (nSPS) is 11.7. The quantitative estimate of drug-likeness (QED) is 0.742. The van der Waals surface area contributed by atoms with Gasteiger partial charge >= 0.3 is 0 Å². The van der Waals surface area contributed by atoms with Gasteiger partial charge in [-0.3, -0.25) is 4.79 Å². The van der Waals surface area contributed by atoms with Gasteiger partial charge in [0.15, 0.2) is 0 Å². The first-order valence-electron chi connectivity index (χ1n) is 6.07. The van der Waals surface area contributed by atoms with E-state index in [1.54, 1.807) is 36.4 Å². The summed E-state index contributed by atoms with van der Waals surface area (Å²) in [7, 11) is -3.81. The number of hydrogen-bond acceptors (Lipinski definition) is 4. The molecule has 7 heteroatoms. The van der Waals surface area contributed by atoms with E-state index in [9.17, 15) is 13.2 Å². The lowest BCUT2D eigenvalue weighted by atomic mass is 10.2. The Labute approximate surface area is 120 Å². The molecule has 0 fully saturated rings. The van der Waals surface area contributed by atoms with Crippen LogP contribution in [0.3, 0.4) is 0 Å². The first-order valence-corrected chi connectivity index (χ1v) is 7.62. The molecular weight excluding hydrogens is 290 g/mol. The fraction of sp³-hybridized carbons (Fsp3) is 0. The molecule has 0 atom stereocenters. The molecule has 0 bridgehead atoms. The first kappa shape index (κ1) is 13.5. The number of sulfonamides is 1. The topological polar surface area (TPSA) is 106 Å². The van der Waals surface area contributed by atoms with Crippen molar-refractivity contribution in [2.24, 2.45) is 5.14 Å². The van der Waals surface area contributed by atoms with E-state index in [4.69, 9.17) is 5.14 Å². The third-order valence-electron chi connectivity index (χ3n) is 3.05. The van der Waals surface area contributed by atoms with Crippen LogP contribution in [-0.4, -0.2) is 18.4 Å². The Hall–Kier alpha value is -2.51. The second-order valence-corrected chi connectivity index (χ2v) is 6.07. The van der Waals surface area contributed by atoms with Crippen LogP contribution in [0.5, 0.6) is 0 Å². The number of benzene rings is 2. The Morgan fingerprint density at radius 1 is 1.05 bits per heavy atom. The fourth-order valence-corrected chi connectivity index (χ4v) is 2.60. The Bertz CT molecular complexity index is 994. The van der Waals surface area contributed by atoms with Crippen molar-refractivity contribution in [2.45, 2.75) is 4.90 Å². The molecule has 0 spiro atoms. The highest BCUT2D eigenvalue weighted by molar-refractivity contribution is 7.89. The summed E-state index contributed by atoms with van der Waals surface area (Å²) in [5, 5.41) is 5.58. The summed E-state index contributed by atoms with van der Waals surface area (Å²) in [4.78, 5) is 19.0. The largest absolute Gasteiger partial charge is 0.306 e.